The summed E-state index contributed by atoms with van der Waals surface area (Å²) in [6, 6.07) is 24.6. The summed E-state index contributed by atoms with van der Waals surface area (Å²) >= 11 is 0. The number of hydrogen-bond acceptors (Lipinski definition) is 1. The SMILES string of the molecule is Cc1cccc(C)c1-c1ccc(-c2nccc3cc(S(C)(C)C4CC4)ccc23)cc1. The van der Waals surface area contributed by atoms with Gasteiger partial charge in [-0.05, 0) is 95.2 Å². The van der Waals surface area contributed by atoms with Crippen molar-refractivity contribution in [3.05, 3.63) is 84.1 Å². The molecule has 1 aromatic heterocycles. The molecule has 0 aliphatic heterocycles. The summed E-state index contributed by atoms with van der Waals surface area (Å²) in [7, 11) is -0.700. The molecule has 5 rings (SSSR count). The van der Waals surface area contributed by atoms with Crippen molar-refractivity contribution in [1.29, 1.82) is 0 Å². The zero-order chi connectivity index (χ0) is 20.9. The standard InChI is InChI=1S/C28H29NS/c1-19-6-5-7-20(2)27(19)21-8-10-22(11-9-21)28-26-15-14-25(18-23(26)16-17-29-28)30(3,4)24-12-13-24/h5-11,14-18,24H,12-13H2,1-4H3. The lowest BCUT2D eigenvalue weighted by Gasteiger charge is -2.32. The summed E-state index contributed by atoms with van der Waals surface area (Å²) in [6.45, 7) is 4.37. The Morgan fingerprint density at radius 3 is 2.13 bits per heavy atom. The predicted octanol–water partition coefficient (Wildman–Crippen LogP) is 7.77. The van der Waals surface area contributed by atoms with Gasteiger partial charge in [-0.25, -0.2) is 10.0 Å². The Labute approximate surface area is 181 Å². The first-order valence-corrected chi connectivity index (χ1v) is 13.2. The lowest BCUT2D eigenvalue weighted by molar-refractivity contribution is 1.34. The second-order valence-electron chi connectivity index (χ2n) is 8.99. The number of rotatable bonds is 4. The second-order valence-corrected chi connectivity index (χ2v) is 12.9. The molecule has 4 aromatic rings. The molecule has 0 radical (unpaired) electrons. The normalized spacial score (nSPS) is 14.8. The van der Waals surface area contributed by atoms with Gasteiger partial charge in [-0.2, -0.15) is 0 Å². The minimum absolute atomic E-state index is 0.700. The Bertz CT molecular complexity index is 1210. The van der Waals surface area contributed by atoms with Crippen molar-refractivity contribution < 1.29 is 0 Å². The number of nitrogens with zero attached hydrogens (tertiary/aromatic N) is 1. The number of benzene rings is 3. The van der Waals surface area contributed by atoms with Gasteiger partial charge >= 0.3 is 0 Å². The fraction of sp³-hybridized carbons (Fsp3) is 0.250. The smallest absolute Gasteiger partial charge is 0.0780 e. The molecule has 0 saturated heterocycles. The van der Waals surface area contributed by atoms with Crippen LogP contribution in [0.15, 0.2) is 77.8 Å². The number of hydrogen-bond donors (Lipinski definition) is 0. The highest BCUT2D eigenvalue weighted by Crippen LogP contribution is 2.62. The van der Waals surface area contributed by atoms with E-state index in [1.54, 1.807) is 0 Å². The maximum absolute atomic E-state index is 4.76. The van der Waals surface area contributed by atoms with Crippen molar-refractivity contribution in [3.63, 3.8) is 0 Å². The average Bonchev–Trinajstić information content (AvgIpc) is 3.59. The van der Waals surface area contributed by atoms with E-state index in [1.807, 2.05) is 6.20 Å². The van der Waals surface area contributed by atoms with Gasteiger partial charge in [-0.15, -0.1) is 0 Å². The number of fused-ring (bicyclic) bond motifs is 1. The van der Waals surface area contributed by atoms with Gasteiger partial charge in [0.15, 0.2) is 0 Å². The second kappa shape index (κ2) is 7.28. The lowest BCUT2D eigenvalue weighted by Crippen LogP contribution is -2.02. The summed E-state index contributed by atoms with van der Waals surface area (Å²) in [5.74, 6) is 0. The molecule has 0 spiro atoms. The van der Waals surface area contributed by atoms with Gasteiger partial charge < -0.3 is 0 Å². The van der Waals surface area contributed by atoms with E-state index in [2.05, 4.69) is 93.1 Å². The van der Waals surface area contributed by atoms with Gasteiger partial charge in [0.1, 0.15) is 0 Å². The van der Waals surface area contributed by atoms with Gasteiger partial charge in [0, 0.05) is 17.1 Å². The zero-order valence-corrected chi connectivity index (χ0v) is 19.1. The van der Waals surface area contributed by atoms with E-state index < -0.39 is 10.0 Å². The number of pyridine rings is 1. The fourth-order valence-electron chi connectivity index (χ4n) is 4.63. The largest absolute Gasteiger partial charge is 0.256 e. The molecule has 0 atom stereocenters. The summed E-state index contributed by atoms with van der Waals surface area (Å²) in [5.41, 5.74) is 7.50. The van der Waals surface area contributed by atoms with Crippen LogP contribution in [0.2, 0.25) is 0 Å². The van der Waals surface area contributed by atoms with Gasteiger partial charge in [-0.1, -0.05) is 48.5 Å². The van der Waals surface area contributed by atoms with Gasteiger partial charge in [0.2, 0.25) is 0 Å². The molecule has 2 heteroatoms. The van der Waals surface area contributed by atoms with Crippen molar-refractivity contribution in [2.45, 2.75) is 36.8 Å². The van der Waals surface area contributed by atoms with Gasteiger partial charge in [0.05, 0.1) is 5.69 Å². The van der Waals surface area contributed by atoms with Crippen LogP contribution in [0.5, 0.6) is 0 Å². The minimum atomic E-state index is -0.700. The topological polar surface area (TPSA) is 12.9 Å². The van der Waals surface area contributed by atoms with Crippen LogP contribution in [0.1, 0.15) is 24.0 Å². The number of aryl methyl sites for hydroxylation is 2. The summed E-state index contributed by atoms with van der Waals surface area (Å²) in [4.78, 5) is 6.29. The average molecular weight is 412 g/mol. The van der Waals surface area contributed by atoms with Crippen LogP contribution in [0, 0.1) is 13.8 Å². The molecule has 0 unspecified atom stereocenters. The third kappa shape index (κ3) is 3.33. The van der Waals surface area contributed by atoms with Crippen molar-refractivity contribution in [3.8, 4) is 22.4 Å². The molecule has 1 fully saturated rings. The van der Waals surface area contributed by atoms with Crippen LogP contribution in [0.4, 0.5) is 0 Å². The van der Waals surface area contributed by atoms with Gasteiger partial charge in [0.25, 0.3) is 0 Å². The molecule has 0 amide bonds. The minimum Gasteiger partial charge on any atom is -0.256 e. The third-order valence-electron chi connectivity index (χ3n) is 6.63. The fourth-order valence-corrected chi connectivity index (χ4v) is 7.18. The molecule has 152 valence electrons. The molecular weight excluding hydrogens is 382 g/mol. The van der Waals surface area contributed by atoms with E-state index in [9.17, 15) is 0 Å². The van der Waals surface area contributed by atoms with Crippen LogP contribution in [0.25, 0.3) is 33.2 Å². The van der Waals surface area contributed by atoms with Crippen molar-refractivity contribution in [1.82, 2.24) is 4.98 Å². The third-order valence-corrected chi connectivity index (χ3v) is 10.2. The van der Waals surface area contributed by atoms with Crippen molar-refractivity contribution >= 4 is 20.8 Å². The molecule has 1 saturated carbocycles. The quantitative estimate of drug-likeness (QED) is 0.334. The van der Waals surface area contributed by atoms with Crippen LogP contribution in [-0.2, 0) is 0 Å². The molecule has 0 N–H and O–H groups in total. The Morgan fingerprint density at radius 2 is 1.47 bits per heavy atom. The van der Waals surface area contributed by atoms with E-state index in [1.165, 1.54) is 56.3 Å². The lowest BCUT2D eigenvalue weighted by atomic mass is 9.94. The highest BCUT2D eigenvalue weighted by atomic mass is 32.3. The molecule has 0 bridgehead atoms. The summed E-state index contributed by atoms with van der Waals surface area (Å²) in [6.07, 6.45) is 9.70. The molecular formula is C28H29NS. The first kappa shape index (κ1) is 19.4. The first-order valence-electron chi connectivity index (χ1n) is 10.7. The molecule has 1 nitrogen and oxygen atoms in total. The van der Waals surface area contributed by atoms with Crippen LogP contribution >= 0.6 is 10.0 Å². The Morgan fingerprint density at radius 1 is 0.800 bits per heavy atom. The van der Waals surface area contributed by atoms with E-state index >= 15 is 0 Å². The maximum Gasteiger partial charge on any atom is 0.0780 e. The summed E-state index contributed by atoms with van der Waals surface area (Å²) < 4.78 is 0. The van der Waals surface area contributed by atoms with Crippen LogP contribution in [0.3, 0.4) is 0 Å². The maximum atomic E-state index is 4.76. The van der Waals surface area contributed by atoms with E-state index in [-0.39, 0.29) is 0 Å². The molecule has 1 aliphatic carbocycles. The Hall–Kier alpha value is -2.58. The first-order chi connectivity index (χ1) is 14.4. The molecule has 1 heterocycles. The van der Waals surface area contributed by atoms with E-state index in [0.29, 0.717) is 0 Å². The van der Waals surface area contributed by atoms with E-state index in [0.717, 1.165) is 10.9 Å². The number of aromatic nitrogens is 1. The molecule has 1 aliphatic rings. The van der Waals surface area contributed by atoms with Crippen LogP contribution < -0.4 is 0 Å². The highest BCUT2D eigenvalue weighted by Gasteiger charge is 2.35. The highest BCUT2D eigenvalue weighted by molar-refractivity contribution is 8.33. The predicted molar refractivity (Wildman–Crippen MR) is 133 cm³/mol. The van der Waals surface area contributed by atoms with Crippen LogP contribution in [-0.4, -0.2) is 22.7 Å². The van der Waals surface area contributed by atoms with Crippen molar-refractivity contribution in [2.24, 2.45) is 0 Å². The molecule has 30 heavy (non-hydrogen) atoms. The van der Waals surface area contributed by atoms with Gasteiger partial charge in [-0.3, -0.25) is 4.98 Å². The summed E-state index contributed by atoms with van der Waals surface area (Å²) in [5, 5.41) is 3.46. The Kier molecular flexibility index (Phi) is 4.71. The molecule has 3 aromatic carbocycles. The zero-order valence-electron chi connectivity index (χ0n) is 18.3. The Balaban J connectivity index is 1.55. The van der Waals surface area contributed by atoms with Crippen molar-refractivity contribution in [2.75, 3.05) is 12.5 Å². The monoisotopic (exact) mass is 411 g/mol. The van der Waals surface area contributed by atoms with E-state index in [4.69, 9.17) is 4.98 Å².